The number of hydrogen-bond donors (Lipinski definition) is 1. The van der Waals surface area contributed by atoms with Crippen LogP contribution in [0.5, 0.6) is 0 Å². The van der Waals surface area contributed by atoms with E-state index < -0.39 is 0 Å². The van der Waals surface area contributed by atoms with E-state index in [0.717, 1.165) is 49.7 Å². The summed E-state index contributed by atoms with van der Waals surface area (Å²) in [5.41, 5.74) is 2.18. The third kappa shape index (κ3) is 2.41. The van der Waals surface area contributed by atoms with Crippen molar-refractivity contribution < 1.29 is 4.42 Å². The van der Waals surface area contributed by atoms with E-state index in [1.54, 1.807) is 17.7 Å². The average molecular weight is 249 g/mol. The maximum Gasteiger partial charge on any atom is 0.181 e. The summed E-state index contributed by atoms with van der Waals surface area (Å²) in [6.07, 6.45) is 1.55. The standard InChI is InChI=1S/C12H15N3OS/c1-6-17-8-10(1)12-11(14-9-16-12)7-15-4-2-13-3-5-15/h1,6,8-9,13H,2-5,7H2. The van der Waals surface area contributed by atoms with Gasteiger partial charge in [-0.05, 0) is 11.4 Å². The fraction of sp³-hybridized carbons (Fsp3) is 0.417. The fourth-order valence-corrected chi connectivity index (χ4v) is 2.73. The maximum atomic E-state index is 5.50. The van der Waals surface area contributed by atoms with E-state index in [0.29, 0.717) is 0 Å². The van der Waals surface area contributed by atoms with Crippen LogP contribution in [0.15, 0.2) is 27.6 Å². The highest BCUT2D eigenvalue weighted by Gasteiger charge is 2.16. The number of nitrogens with zero attached hydrogens (tertiary/aromatic N) is 2. The lowest BCUT2D eigenvalue weighted by Gasteiger charge is -2.26. The molecule has 0 saturated carbocycles. The number of nitrogens with one attached hydrogen (secondary N) is 1. The molecule has 1 fully saturated rings. The lowest BCUT2D eigenvalue weighted by molar-refractivity contribution is 0.231. The fourth-order valence-electron chi connectivity index (χ4n) is 2.09. The summed E-state index contributed by atoms with van der Waals surface area (Å²) in [6.45, 7) is 5.16. The van der Waals surface area contributed by atoms with Crippen molar-refractivity contribution in [2.75, 3.05) is 26.2 Å². The SMILES string of the molecule is c1nc(CN2CCNCC2)c(-c2ccsc2)o1. The van der Waals surface area contributed by atoms with Gasteiger partial charge in [-0.15, -0.1) is 0 Å². The van der Waals surface area contributed by atoms with Crippen molar-refractivity contribution >= 4 is 11.3 Å². The van der Waals surface area contributed by atoms with Crippen molar-refractivity contribution in [3.8, 4) is 11.3 Å². The van der Waals surface area contributed by atoms with E-state index in [4.69, 9.17) is 4.42 Å². The van der Waals surface area contributed by atoms with Crippen molar-refractivity contribution in [1.29, 1.82) is 0 Å². The molecule has 2 aromatic rings. The van der Waals surface area contributed by atoms with Gasteiger partial charge in [0.05, 0.1) is 0 Å². The molecule has 0 atom stereocenters. The number of aromatic nitrogens is 1. The van der Waals surface area contributed by atoms with Crippen LogP contribution in [-0.4, -0.2) is 36.1 Å². The molecule has 3 heterocycles. The highest BCUT2D eigenvalue weighted by atomic mass is 32.1. The zero-order chi connectivity index (χ0) is 11.5. The summed E-state index contributed by atoms with van der Waals surface area (Å²) in [6, 6.07) is 2.08. The molecule has 1 saturated heterocycles. The molecule has 0 radical (unpaired) electrons. The van der Waals surface area contributed by atoms with Crippen LogP contribution in [-0.2, 0) is 6.54 Å². The molecule has 1 N–H and O–H groups in total. The Balaban J connectivity index is 1.77. The average Bonchev–Trinajstić information content (AvgIpc) is 3.00. The van der Waals surface area contributed by atoms with Gasteiger partial charge >= 0.3 is 0 Å². The van der Waals surface area contributed by atoms with Crippen molar-refractivity contribution in [3.05, 3.63) is 28.9 Å². The predicted octanol–water partition coefficient (Wildman–Crippen LogP) is 1.81. The molecule has 1 aliphatic heterocycles. The lowest BCUT2D eigenvalue weighted by Crippen LogP contribution is -2.43. The van der Waals surface area contributed by atoms with Gasteiger partial charge in [-0.1, -0.05) is 0 Å². The molecular weight excluding hydrogens is 234 g/mol. The monoisotopic (exact) mass is 249 g/mol. The van der Waals surface area contributed by atoms with Gasteiger partial charge < -0.3 is 9.73 Å². The summed E-state index contributed by atoms with van der Waals surface area (Å²) in [7, 11) is 0. The lowest BCUT2D eigenvalue weighted by atomic mass is 10.2. The zero-order valence-corrected chi connectivity index (χ0v) is 10.4. The minimum absolute atomic E-state index is 0.878. The largest absolute Gasteiger partial charge is 0.443 e. The highest BCUT2D eigenvalue weighted by Crippen LogP contribution is 2.26. The van der Waals surface area contributed by atoms with E-state index >= 15 is 0 Å². The highest BCUT2D eigenvalue weighted by molar-refractivity contribution is 7.08. The number of thiophene rings is 1. The predicted molar refractivity (Wildman–Crippen MR) is 68.0 cm³/mol. The summed E-state index contributed by atoms with van der Waals surface area (Å²) in [5, 5.41) is 7.51. The van der Waals surface area contributed by atoms with Crippen molar-refractivity contribution in [1.82, 2.24) is 15.2 Å². The molecule has 0 unspecified atom stereocenters. The molecule has 0 bridgehead atoms. The molecule has 5 heteroatoms. The minimum atomic E-state index is 0.878. The van der Waals surface area contributed by atoms with Crippen LogP contribution in [0.3, 0.4) is 0 Å². The molecule has 3 rings (SSSR count). The van der Waals surface area contributed by atoms with Crippen LogP contribution in [0.1, 0.15) is 5.69 Å². The van der Waals surface area contributed by atoms with E-state index in [-0.39, 0.29) is 0 Å². The summed E-state index contributed by atoms with van der Waals surface area (Å²) < 4.78 is 5.50. The second-order valence-electron chi connectivity index (χ2n) is 4.17. The van der Waals surface area contributed by atoms with Gasteiger partial charge in [-0.3, -0.25) is 4.90 Å². The Hall–Kier alpha value is -1.17. The van der Waals surface area contributed by atoms with Crippen LogP contribution in [0.4, 0.5) is 0 Å². The normalized spacial score (nSPS) is 17.4. The first-order chi connectivity index (χ1) is 8.43. The third-order valence-corrected chi connectivity index (χ3v) is 3.69. The molecule has 0 aliphatic carbocycles. The second-order valence-corrected chi connectivity index (χ2v) is 4.95. The van der Waals surface area contributed by atoms with Gasteiger partial charge in [0.1, 0.15) is 5.69 Å². The quantitative estimate of drug-likeness (QED) is 0.900. The van der Waals surface area contributed by atoms with Gasteiger partial charge in [0.15, 0.2) is 12.2 Å². The van der Waals surface area contributed by atoms with Crippen LogP contribution < -0.4 is 5.32 Å². The van der Waals surface area contributed by atoms with Crippen LogP contribution in [0.2, 0.25) is 0 Å². The summed E-state index contributed by atoms with van der Waals surface area (Å²) in [5.74, 6) is 0.921. The Morgan fingerprint density at radius 1 is 1.41 bits per heavy atom. The number of rotatable bonds is 3. The first kappa shape index (κ1) is 11.0. The van der Waals surface area contributed by atoms with Gasteiger partial charge in [0.25, 0.3) is 0 Å². The number of piperazine rings is 1. The Kier molecular flexibility index (Phi) is 3.22. The molecule has 0 aromatic carbocycles. The summed E-state index contributed by atoms with van der Waals surface area (Å²) >= 11 is 1.68. The first-order valence-electron chi connectivity index (χ1n) is 5.81. The van der Waals surface area contributed by atoms with Gasteiger partial charge in [-0.25, -0.2) is 4.98 Å². The van der Waals surface area contributed by atoms with Crippen molar-refractivity contribution in [3.63, 3.8) is 0 Å². The van der Waals surface area contributed by atoms with E-state index in [1.165, 1.54) is 0 Å². The van der Waals surface area contributed by atoms with E-state index in [2.05, 4.69) is 32.0 Å². The van der Waals surface area contributed by atoms with E-state index in [1.807, 2.05) is 0 Å². The van der Waals surface area contributed by atoms with E-state index in [9.17, 15) is 0 Å². The smallest absolute Gasteiger partial charge is 0.181 e. The molecule has 1 aliphatic rings. The molecule has 2 aromatic heterocycles. The van der Waals surface area contributed by atoms with Crippen LogP contribution in [0.25, 0.3) is 11.3 Å². The zero-order valence-electron chi connectivity index (χ0n) is 9.56. The van der Waals surface area contributed by atoms with Gasteiger partial charge in [-0.2, -0.15) is 11.3 Å². The van der Waals surface area contributed by atoms with Crippen LogP contribution in [0, 0.1) is 0 Å². The van der Waals surface area contributed by atoms with Crippen LogP contribution >= 0.6 is 11.3 Å². The Labute approximate surface area is 104 Å². The summed E-state index contributed by atoms with van der Waals surface area (Å²) in [4.78, 5) is 6.75. The topological polar surface area (TPSA) is 41.3 Å². The Morgan fingerprint density at radius 3 is 3.06 bits per heavy atom. The Bertz CT molecular complexity index is 460. The van der Waals surface area contributed by atoms with Gasteiger partial charge in [0, 0.05) is 43.7 Å². The maximum absolute atomic E-state index is 5.50. The molecule has 4 nitrogen and oxygen atoms in total. The minimum Gasteiger partial charge on any atom is -0.443 e. The van der Waals surface area contributed by atoms with Crippen molar-refractivity contribution in [2.45, 2.75) is 6.54 Å². The molecule has 0 spiro atoms. The van der Waals surface area contributed by atoms with Gasteiger partial charge in [0.2, 0.25) is 0 Å². The molecule has 90 valence electrons. The van der Waals surface area contributed by atoms with Crippen molar-refractivity contribution in [2.24, 2.45) is 0 Å². The molecular formula is C12H15N3OS. The second kappa shape index (κ2) is 5.00. The Morgan fingerprint density at radius 2 is 2.29 bits per heavy atom. The molecule has 17 heavy (non-hydrogen) atoms. The number of hydrogen-bond acceptors (Lipinski definition) is 5. The number of oxazole rings is 1. The third-order valence-electron chi connectivity index (χ3n) is 3.01. The first-order valence-corrected chi connectivity index (χ1v) is 6.76. The molecule has 0 amide bonds.